The number of fused-ring (bicyclic) bond motifs is 1. The van der Waals surface area contributed by atoms with E-state index >= 15 is 0 Å². The van der Waals surface area contributed by atoms with E-state index in [0.717, 1.165) is 17.9 Å². The Labute approximate surface area is 93.2 Å². The van der Waals surface area contributed by atoms with Crippen LogP contribution in [0.5, 0.6) is 0 Å². The first-order valence-corrected chi connectivity index (χ1v) is 6.82. The molecule has 3 aliphatic rings. The van der Waals surface area contributed by atoms with E-state index in [-0.39, 0.29) is 0 Å². The van der Waals surface area contributed by atoms with Gasteiger partial charge in [0.15, 0.2) is 0 Å². The summed E-state index contributed by atoms with van der Waals surface area (Å²) >= 11 is 0. The number of hydrogen-bond donors (Lipinski definition) is 1. The number of hydrogen-bond acceptors (Lipinski definition) is 2. The maximum atomic E-state index is 6.08. The molecular weight excluding hydrogens is 184 g/mol. The average molecular weight is 208 g/mol. The first-order valence-electron chi connectivity index (χ1n) is 6.82. The molecule has 0 amide bonds. The summed E-state index contributed by atoms with van der Waals surface area (Å²) < 4.78 is 0. The fourth-order valence-electron chi connectivity index (χ4n) is 4.10. The van der Waals surface area contributed by atoms with E-state index in [4.69, 9.17) is 5.73 Å². The van der Waals surface area contributed by atoms with Crippen LogP contribution in [0.2, 0.25) is 0 Å². The van der Waals surface area contributed by atoms with Gasteiger partial charge in [-0.05, 0) is 43.9 Å². The normalized spacial score (nSPS) is 47.0. The van der Waals surface area contributed by atoms with Crippen LogP contribution >= 0.6 is 0 Å². The van der Waals surface area contributed by atoms with E-state index in [2.05, 4.69) is 4.90 Å². The van der Waals surface area contributed by atoms with Crippen molar-refractivity contribution in [3.8, 4) is 0 Å². The van der Waals surface area contributed by atoms with E-state index in [1.807, 2.05) is 0 Å². The highest BCUT2D eigenvalue weighted by Crippen LogP contribution is 2.40. The van der Waals surface area contributed by atoms with Gasteiger partial charge in [0, 0.05) is 25.2 Å². The van der Waals surface area contributed by atoms with Gasteiger partial charge >= 0.3 is 0 Å². The molecule has 0 aromatic rings. The number of rotatable bonds is 1. The number of likely N-dealkylation sites (tertiary alicyclic amines) is 1. The van der Waals surface area contributed by atoms with Gasteiger partial charge in [0.1, 0.15) is 0 Å². The standard InChI is InChI=1S/C13H24N2/c14-12-5-2-6-13(7-12)15-8-10-3-1-4-11(10)9-15/h10-13H,1-9,14H2. The van der Waals surface area contributed by atoms with Crippen molar-refractivity contribution in [3.05, 3.63) is 0 Å². The fraction of sp³-hybridized carbons (Fsp3) is 1.00. The number of nitrogens with two attached hydrogens (primary N) is 1. The predicted octanol–water partition coefficient (Wildman–Crippen LogP) is 1.99. The second-order valence-corrected chi connectivity index (χ2v) is 5.99. The molecule has 2 N–H and O–H groups in total. The van der Waals surface area contributed by atoms with Crippen molar-refractivity contribution < 1.29 is 0 Å². The van der Waals surface area contributed by atoms with E-state index < -0.39 is 0 Å². The first-order chi connectivity index (χ1) is 7.33. The van der Waals surface area contributed by atoms with E-state index in [1.54, 1.807) is 0 Å². The summed E-state index contributed by atoms with van der Waals surface area (Å²) in [5.74, 6) is 2.09. The molecule has 0 bridgehead atoms. The average Bonchev–Trinajstić information content (AvgIpc) is 2.76. The molecule has 4 unspecified atom stereocenters. The third-order valence-corrected chi connectivity index (χ3v) is 4.96. The third-order valence-electron chi connectivity index (χ3n) is 4.96. The van der Waals surface area contributed by atoms with Crippen LogP contribution in [0, 0.1) is 11.8 Å². The second-order valence-electron chi connectivity index (χ2n) is 5.99. The molecular formula is C13H24N2. The van der Waals surface area contributed by atoms with E-state index in [9.17, 15) is 0 Å². The molecule has 2 saturated carbocycles. The van der Waals surface area contributed by atoms with Gasteiger partial charge in [0.2, 0.25) is 0 Å². The third kappa shape index (κ3) is 1.94. The maximum Gasteiger partial charge on any atom is 0.0110 e. The molecule has 86 valence electrons. The molecule has 1 heterocycles. The zero-order chi connectivity index (χ0) is 10.3. The highest BCUT2D eigenvalue weighted by Gasteiger charge is 2.39. The van der Waals surface area contributed by atoms with Gasteiger partial charge in [0.25, 0.3) is 0 Å². The lowest BCUT2D eigenvalue weighted by atomic mass is 9.90. The molecule has 0 spiro atoms. The van der Waals surface area contributed by atoms with Crippen molar-refractivity contribution in [2.24, 2.45) is 17.6 Å². The Morgan fingerprint density at radius 1 is 0.867 bits per heavy atom. The Balaban J connectivity index is 1.59. The van der Waals surface area contributed by atoms with Crippen LogP contribution in [0.1, 0.15) is 44.9 Å². The SMILES string of the molecule is NC1CCCC(N2CC3CCCC3C2)C1. The minimum absolute atomic E-state index is 0.490. The highest BCUT2D eigenvalue weighted by atomic mass is 15.2. The van der Waals surface area contributed by atoms with Crippen molar-refractivity contribution in [1.29, 1.82) is 0 Å². The van der Waals surface area contributed by atoms with Gasteiger partial charge in [0.05, 0.1) is 0 Å². The molecule has 0 aromatic carbocycles. The summed E-state index contributed by atoms with van der Waals surface area (Å²) in [6.45, 7) is 2.78. The van der Waals surface area contributed by atoms with Gasteiger partial charge in [-0.1, -0.05) is 12.8 Å². The van der Waals surface area contributed by atoms with E-state index in [0.29, 0.717) is 6.04 Å². The number of nitrogens with zero attached hydrogens (tertiary/aromatic N) is 1. The quantitative estimate of drug-likeness (QED) is 0.714. The predicted molar refractivity (Wildman–Crippen MR) is 62.6 cm³/mol. The summed E-state index contributed by atoms with van der Waals surface area (Å²) in [5, 5.41) is 0. The lowest BCUT2D eigenvalue weighted by molar-refractivity contribution is 0.168. The van der Waals surface area contributed by atoms with Crippen molar-refractivity contribution in [2.45, 2.75) is 57.0 Å². The molecule has 2 nitrogen and oxygen atoms in total. The Morgan fingerprint density at radius 3 is 2.20 bits per heavy atom. The summed E-state index contributed by atoms with van der Waals surface area (Å²) in [6, 6.07) is 1.32. The zero-order valence-electron chi connectivity index (χ0n) is 9.70. The van der Waals surface area contributed by atoms with Gasteiger partial charge in [-0.2, -0.15) is 0 Å². The van der Waals surface area contributed by atoms with Gasteiger partial charge in [-0.25, -0.2) is 0 Å². The fourth-order valence-corrected chi connectivity index (χ4v) is 4.10. The van der Waals surface area contributed by atoms with Crippen LogP contribution in [0.4, 0.5) is 0 Å². The molecule has 4 atom stereocenters. The molecule has 0 aromatic heterocycles. The Hall–Kier alpha value is -0.0800. The molecule has 1 aliphatic heterocycles. The monoisotopic (exact) mass is 208 g/mol. The molecule has 1 saturated heterocycles. The highest BCUT2D eigenvalue weighted by molar-refractivity contribution is 4.93. The van der Waals surface area contributed by atoms with Crippen LogP contribution in [0.3, 0.4) is 0 Å². The second kappa shape index (κ2) is 4.06. The van der Waals surface area contributed by atoms with Crippen LogP contribution < -0.4 is 5.73 Å². The van der Waals surface area contributed by atoms with Crippen LogP contribution in [0.25, 0.3) is 0 Å². The molecule has 3 rings (SSSR count). The van der Waals surface area contributed by atoms with Crippen LogP contribution in [0.15, 0.2) is 0 Å². The lowest BCUT2D eigenvalue weighted by Gasteiger charge is -2.34. The summed E-state index contributed by atoms with van der Waals surface area (Å²) in [6.07, 6.45) is 9.79. The minimum atomic E-state index is 0.490. The maximum absolute atomic E-state index is 6.08. The topological polar surface area (TPSA) is 29.3 Å². The smallest absolute Gasteiger partial charge is 0.0110 e. The van der Waals surface area contributed by atoms with Gasteiger partial charge < -0.3 is 5.73 Å². The van der Waals surface area contributed by atoms with Crippen LogP contribution in [-0.2, 0) is 0 Å². The largest absolute Gasteiger partial charge is 0.328 e. The van der Waals surface area contributed by atoms with Crippen molar-refractivity contribution >= 4 is 0 Å². The summed E-state index contributed by atoms with van der Waals surface area (Å²) in [4.78, 5) is 2.77. The van der Waals surface area contributed by atoms with Crippen molar-refractivity contribution in [1.82, 2.24) is 4.90 Å². The summed E-state index contributed by atoms with van der Waals surface area (Å²) in [5.41, 5.74) is 6.08. The van der Waals surface area contributed by atoms with Crippen molar-refractivity contribution in [3.63, 3.8) is 0 Å². The summed E-state index contributed by atoms with van der Waals surface area (Å²) in [7, 11) is 0. The Kier molecular flexibility index (Phi) is 2.73. The van der Waals surface area contributed by atoms with E-state index in [1.165, 1.54) is 58.0 Å². The molecule has 3 fully saturated rings. The first kappa shape index (κ1) is 10.1. The molecule has 2 heteroatoms. The lowest BCUT2D eigenvalue weighted by Crippen LogP contribution is -2.41. The van der Waals surface area contributed by atoms with Gasteiger partial charge in [-0.15, -0.1) is 0 Å². The molecule has 0 radical (unpaired) electrons. The van der Waals surface area contributed by atoms with Crippen molar-refractivity contribution in [2.75, 3.05) is 13.1 Å². The van der Waals surface area contributed by atoms with Crippen LogP contribution in [-0.4, -0.2) is 30.1 Å². The van der Waals surface area contributed by atoms with Gasteiger partial charge in [-0.3, -0.25) is 4.90 Å². The zero-order valence-corrected chi connectivity index (χ0v) is 9.70. The molecule has 2 aliphatic carbocycles. The Morgan fingerprint density at radius 2 is 1.53 bits per heavy atom. The minimum Gasteiger partial charge on any atom is -0.328 e. The molecule has 15 heavy (non-hydrogen) atoms. The Bertz CT molecular complexity index is 217.